The van der Waals surface area contributed by atoms with Gasteiger partial charge >= 0.3 is 0 Å². The third-order valence-electron chi connectivity index (χ3n) is 5.50. The van der Waals surface area contributed by atoms with Gasteiger partial charge < -0.3 is 36.6 Å². The summed E-state index contributed by atoms with van der Waals surface area (Å²) in [5.74, 6) is 0.561. The van der Waals surface area contributed by atoms with Crippen molar-refractivity contribution in [1.29, 1.82) is 0 Å². The van der Waals surface area contributed by atoms with Crippen LogP contribution in [0.2, 0.25) is 0 Å². The molecule has 0 amide bonds. The summed E-state index contributed by atoms with van der Waals surface area (Å²) in [6.07, 6.45) is -3.47. The summed E-state index contributed by atoms with van der Waals surface area (Å²) in [4.78, 5) is 0. The molecular weight excluding hydrogens is 538 g/mol. The number of ether oxygens (including phenoxy) is 1. The highest BCUT2D eigenvalue weighted by Gasteiger charge is 2.28. The molecule has 0 aliphatic rings. The van der Waals surface area contributed by atoms with Gasteiger partial charge in [0.25, 0.3) is 0 Å². The van der Waals surface area contributed by atoms with Gasteiger partial charge in [0, 0.05) is 71.7 Å². The monoisotopic (exact) mass is 568 g/mol. The number of anilines is 2. The van der Waals surface area contributed by atoms with E-state index >= 15 is 0 Å². The Balaban J connectivity index is 2.87. The first-order chi connectivity index (χ1) is 16.6. The van der Waals surface area contributed by atoms with Crippen LogP contribution in [0.25, 0.3) is 0 Å². The van der Waals surface area contributed by atoms with E-state index in [1.54, 1.807) is 24.3 Å². The first-order valence-electron chi connectivity index (χ1n) is 11.1. The molecule has 2 rings (SSSR count). The molecule has 11 heteroatoms. The van der Waals surface area contributed by atoms with Crippen LogP contribution in [0.4, 0.5) is 11.4 Å². The van der Waals surface area contributed by atoms with Crippen molar-refractivity contribution < 1.29 is 25.2 Å². The molecule has 0 radical (unpaired) electrons. The first-order valence-corrected chi connectivity index (χ1v) is 13.2. The lowest BCUT2D eigenvalue weighted by Gasteiger charge is -2.28. The van der Waals surface area contributed by atoms with Crippen molar-refractivity contribution in [3.63, 3.8) is 0 Å². The molecule has 2 aromatic carbocycles. The zero-order valence-corrected chi connectivity index (χ0v) is 22.2. The van der Waals surface area contributed by atoms with Gasteiger partial charge in [-0.3, -0.25) is 0 Å². The summed E-state index contributed by atoms with van der Waals surface area (Å²) < 4.78 is 6.26. The van der Waals surface area contributed by atoms with Gasteiger partial charge in [0.2, 0.25) is 0 Å². The molecule has 8 N–H and O–H groups in total. The SMILES string of the molecule is Nc1ccc(Oc2c(CC(O)CCl)c(N)c(CC(O)CCl)c(CC(O)CCl)c2CC(O)CCl)cc1. The number of benzene rings is 2. The summed E-state index contributed by atoms with van der Waals surface area (Å²) in [6, 6.07) is 6.69. The van der Waals surface area contributed by atoms with Crippen LogP contribution in [0.1, 0.15) is 22.3 Å². The van der Waals surface area contributed by atoms with Crippen LogP contribution in [0, 0.1) is 0 Å². The number of nitrogens with two attached hydrogens (primary N) is 2. The van der Waals surface area contributed by atoms with E-state index in [2.05, 4.69) is 0 Å². The van der Waals surface area contributed by atoms with Crippen LogP contribution in [0.5, 0.6) is 11.5 Å². The average Bonchev–Trinajstić information content (AvgIpc) is 2.86. The third-order valence-corrected chi connectivity index (χ3v) is 6.92. The maximum atomic E-state index is 10.5. The predicted octanol–water partition coefficient (Wildman–Crippen LogP) is 3.21. The van der Waals surface area contributed by atoms with Gasteiger partial charge in [-0.15, -0.1) is 46.4 Å². The average molecular weight is 570 g/mol. The molecule has 0 aliphatic carbocycles. The van der Waals surface area contributed by atoms with Crippen molar-refractivity contribution in [2.24, 2.45) is 0 Å². The van der Waals surface area contributed by atoms with Crippen LogP contribution < -0.4 is 16.2 Å². The second kappa shape index (κ2) is 14.5. The normalized spacial score (nSPS) is 15.0. The summed E-state index contributed by atoms with van der Waals surface area (Å²) >= 11 is 23.6. The van der Waals surface area contributed by atoms with Gasteiger partial charge in [-0.25, -0.2) is 0 Å². The van der Waals surface area contributed by atoms with E-state index in [9.17, 15) is 20.4 Å². The smallest absolute Gasteiger partial charge is 0.136 e. The Bertz CT molecular complexity index is 949. The number of hydrogen-bond acceptors (Lipinski definition) is 7. The highest BCUT2D eigenvalue weighted by Crippen LogP contribution is 2.42. The number of halogens is 4. The molecule has 0 aromatic heterocycles. The molecule has 0 spiro atoms. The molecule has 4 unspecified atom stereocenters. The van der Waals surface area contributed by atoms with Crippen molar-refractivity contribution in [2.75, 3.05) is 35.0 Å². The second-order valence-corrected chi connectivity index (χ2v) is 9.61. The Hall–Kier alpha value is -1.16. The van der Waals surface area contributed by atoms with E-state index in [-0.39, 0.29) is 54.9 Å². The van der Waals surface area contributed by atoms with Crippen molar-refractivity contribution >= 4 is 57.8 Å². The molecule has 2 aromatic rings. The number of nitrogen functional groups attached to an aromatic ring is 2. The third kappa shape index (κ3) is 8.44. The lowest BCUT2D eigenvalue weighted by atomic mass is 9.85. The van der Waals surface area contributed by atoms with Gasteiger partial charge in [-0.05, 0) is 35.4 Å². The molecule has 0 heterocycles. The molecular formula is C24H32Cl4N2O5. The summed E-state index contributed by atoms with van der Waals surface area (Å²) in [5.41, 5.74) is 15.3. The van der Waals surface area contributed by atoms with Crippen molar-refractivity contribution in [3.8, 4) is 11.5 Å². The standard InChI is InChI=1S/C24H32Cl4N2O5/c25-9-14(31)5-19-20(6-15(32)10-26)23(30)22(8-17(34)12-28)24(21(19)7-16(33)11-27)35-18-3-1-13(29)2-4-18/h1-4,14-17,31-34H,5-12,29-30H2. The number of aliphatic hydroxyl groups excluding tert-OH is 4. The largest absolute Gasteiger partial charge is 0.457 e. The summed E-state index contributed by atoms with van der Waals surface area (Å²) in [5, 5.41) is 41.7. The van der Waals surface area contributed by atoms with Crippen LogP contribution in [0.15, 0.2) is 24.3 Å². The molecule has 7 nitrogen and oxygen atoms in total. The van der Waals surface area contributed by atoms with Gasteiger partial charge in [-0.1, -0.05) is 0 Å². The fourth-order valence-electron chi connectivity index (χ4n) is 3.80. The number of alkyl halides is 4. The zero-order valence-electron chi connectivity index (χ0n) is 19.1. The second-order valence-electron chi connectivity index (χ2n) is 8.38. The van der Waals surface area contributed by atoms with Crippen LogP contribution in [-0.2, 0) is 25.7 Å². The fourth-order valence-corrected chi connectivity index (χ4v) is 4.24. The quantitative estimate of drug-likeness (QED) is 0.151. The van der Waals surface area contributed by atoms with Gasteiger partial charge in [0.05, 0.1) is 24.4 Å². The molecule has 35 heavy (non-hydrogen) atoms. The van der Waals surface area contributed by atoms with Crippen LogP contribution >= 0.6 is 46.4 Å². The van der Waals surface area contributed by atoms with E-state index < -0.39 is 24.4 Å². The summed E-state index contributed by atoms with van der Waals surface area (Å²) in [6.45, 7) is 0. The molecule has 0 bridgehead atoms. The number of rotatable bonds is 14. The van der Waals surface area contributed by atoms with E-state index in [0.29, 0.717) is 39.4 Å². The van der Waals surface area contributed by atoms with E-state index in [1.165, 1.54) is 0 Å². The molecule has 0 fully saturated rings. The highest BCUT2D eigenvalue weighted by atomic mass is 35.5. The molecule has 0 saturated heterocycles. The minimum absolute atomic E-state index is 0.0418. The van der Waals surface area contributed by atoms with Crippen LogP contribution in [0.3, 0.4) is 0 Å². The Kier molecular flexibility index (Phi) is 12.5. The molecule has 196 valence electrons. The van der Waals surface area contributed by atoms with Crippen LogP contribution in [-0.4, -0.2) is 68.4 Å². The minimum Gasteiger partial charge on any atom is -0.457 e. The first kappa shape index (κ1) is 30.1. The summed E-state index contributed by atoms with van der Waals surface area (Å²) in [7, 11) is 0. The lowest BCUT2D eigenvalue weighted by Crippen LogP contribution is -2.25. The Morgan fingerprint density at radius 2 is 1.00 bits per heavy atom. The van der Waals surface area contributed by atoms with Gasteiger partial charge in [-0.2, -0.15) is 0 Å². The van der Waals surface area contributed by atoms with Gasteiger partial charge in [0.15, 0.2) is 0 Å². The number of aliphatic hydroxyl groups is 4. The highest BCUT2D eigenvalue weighted by molar-refractivity contribution is 6.18. The van der Waals surface area contributed by atoms with Crippen molar-refractivity contribution in [3.05, 3.63) is 46.5 Å². The van der Waals surface area contributed by atoms with Crippen molar-refractivity contribution in [2.45, 2.75) is 50.1 Å². The molecule has 4 atom stereocenters. The van der Waals surface area contributed by atoms with E-state index in [1.807, 2.05) is 0 Å². The topological polar surface area (TPSA) is 142 Å². The van der Waals surface area contributed by atoms with E-state index in [4.69, 9.17) is 62.6 Å². The Morgan fingerprint density at radius 1 is 0.600 bits per heavy atom. The maximum Gasteiger partial charge on any atom is 0.136 e. The fraction of sp³-hybridized carbons (Fsp3) is 0.500. The Labute approximate surface area is 225 Å². The Morgan fingerprint density at radius 3 is 1.46 bits per heavy atom. The molecule has 0 aliphatic heterocycles. The minimum atomic E-state index is -0.947. The zero-order chi connectivity index (χ0) is 26.1. The maximum absolute atomic E-state index is 10.5. The predicted molar refractivity (Wildman–Crippen MR) is 144 cm³/mol. The van der Waals surface area contributed by atoms with Crippen molar-refractivity contribution in [1.82, 2.24) is 0 Å². The van der Waals surface area contributed by atoms with Gasteiger partial charge in [0.1, 0.15) is 11.5 Å². The number of hydrogen-bond donors (Lipinski definition) is 6. The van der Waals surface area contributed by atoms with E-state index in [0.717, 1.165) is 0 Å². The molecule has 0 saturated carbocycles. The lowest BCUT2D eigenvalue weighted by molar-refractivity contribution is 0.187.